The van der Waals surface area contributed by atoms with Crippen LogP contribution in [0.1, 0.15) is 5.56 Å². The second-order valence-electron chi connectivity index (χ2n) is 6.57. The van der Waals surface area contributed by atoms with Crippen LogP contribution in [0.5, 0.6) is 0 Å². The first-order valence-corrected chi connectivity index (χ1v) is 11.0. The highest BCUT2D eigenvalue weighted by molar-refractivity contribution is 9.10. The maximum atomic E-state index is 12.5. The second kappa shape index (κ2) is 7.43. The largest absolute Gasteiger partial charge is 0.616 e. The molecule has 2 aliphatic carbocycles. The van der Waals surface area contributed by atoms with Gasteiger partial charge in [-0.3, -0.25) is 0 Å². The van der Waals surface area contributed by atoms with E-state index in [0.29, 0.717) is 0 Å². The molecule has 130 valence electrons. The monoisotopic (exact) mass is 422 g/mol. The van der Waals surface area contributed by atoms with Crippen molar-refractivity contribution in [3.8, 4) is 11.1 Å². The van der Waals surface area contributed by atoms with E-state index in [0.717, 1.165) is 15.6 Å². The van der Waals surface area contributed by atoms with Crippen LogP contribution in [0, 0.1) is 5.92 Å². The number of hydrogen-bond acceptors (Lipinski definition) is 1. The molecule has 0 radical (unpaired) electrons. The Bertz CT molecular complexity index is 935. The molecule has 0 amide bonds. The number of benzene rings is 2. The van der Waals surface area contributed by atoms with Crippen LogP contribution in [0.25, 0.3) is 16.7 Å². The average Bonchev–Trinajstić information content (AvgIpc) is 2.67. The lowest BCUT2D eigenvalue weighted by Gasteiger charge is -2.32. The molecular weight excluding hydrogens is 404 g/mol. The van der Waals surface area contributed by atoms with Gasteiger partial charge >= 0.3 is 0 Å². The van der Waals surface area contributed by atoms with Gasteiger partial charge in [-0.25, -0.2) is 0 Å². The van der Waals surface area contributed by atoms with Crippen LogP contribution in [0.3, 0.4) is 0 Å². The topological polar surface area (TPSA) is 23.1 Å². The van der Waals surface area contributed by atoms with E-state index in [1.165, 1.54) is 16.7 Å². The summed E-state index contributed by atoms with van der Waals surface area (Å²) in [5.74, 6) is 0.190. The molecule has 2 aromatic carbocycles. The molecule has 26 heavy (non-hydrogen) atoms. The Morgan fingerprint density at radius 1 is 0.923 bits per heavy atom. The van der Waals surface area contributed by atoms with E-state index < -0.39 is 11.2 Å². The van der Waals surface area contributed by atoms with Gasteiger partial charge in [-0.1, -0.05) is 88.8 Å². The highest BCUT2D eigenvalue weighted by atomic mass is 79.9. The van der Waals surface area contributed by atoms with Gasteiger partial charge in [0.05, 0.1) is 12.2 Å². The molecule has 0 saturated heterocycles. The zero-order chi connectivity index (χ0) is 18.1. The third kappa shape index (κ3) is 3.39. The molecule has 0 bridgehead atoms. The van der Waals surface area contributed by atoms with E-state index in [-0.39, 0.29) is 11.2 Å². The minimum absolute atomic E-state index is 0.00656. The fourth-order valence-corrected chi connectivity index (χ4v) is 5.29. The molecule has 2 aliphatic rings. The summed E-state index contributed by atoms with van der Waals surface area (Å²) < 4.78 is 13.6. The van der Waals surface area contributed by atoms with Crippen LogP contribution in [0.4, 0.5) is 0 Å². The molecule has 0 heterocycles. The van der Waals surface area contributed by atoms with Gasteiger partial charge in [0.15, 0.2) is 5.25 Å². The van der Waals surface area contributed by atoms with E-state index in [4.69, 9.17) is 0 Å². The van der Waals surface area contributed by atoms with Gasteiger partial charge in [0.25, 0.3) is 0 Å². The Morgan fingerprint density at radius 3 is 2.42 bits per heavy atom. The lowest BCUT2D eigenvalue weighted by molar-refractivity contribution is 0.584. The fraction of sp³-hybridized carbons (Fsp3) is 0.130. The molecule has 2 aromatic rings. The summed E-state index contributed by atoms with van der Waals surface area (Å²) in [6, 6.07) is 16.9. The first-order valence-electron chi connectivity index (χ1n) is 8.59. The van der Waals surface area contributed by atoms with E-state index >= 15 is 0 Å². The Hall–Kier alpha value is -1.81. The van der Waals surface area contributed by atoms with Gasteiger partial charge in [0, 0.05) is 10.0 Å². The molecule has 0 aliphatic heterocycles. The Kier molecular flexibility index (Phi) is 5.03. The van der Waals surface area contributed by atoms with Gasteiger partial charge in [0.1, 0.15) is 0 Å². The number of fused-ring (bicyclic) bond motifs is 1. The lowest BCUT2D eigenvalue weighted by atomic mass is 9.81. The standard InChI is InChI=1S/C23H19BrOS/c1-26(25)23-21-8-3-2-5-17(21)13-14-22(23)18-11-9-16(10-12-18)19-6-4-7-20(24)15-19/h2-15,21,23H,1H3. The maximum Gasteiger partial charge on any atom is 0.151 e. The van der Waals surface area contributed by atoms with Crippen LogP contribution < -0.4 is 0 Å². The number of halogens is 1. The molecular formula is C23H19BrOS. The summed E-state index contributed by atoms with van der Waals surface area (Å²) in [6.07, 6.45) is 14.5. The smallest absolute Gasteiger partial charge is 0.151 e. The fourth-order valence-electron chi connectivity index (χ4n) is 3.66. The molecule has 0 spiro atoms. The highest BCUT2D eigenvalue weighted by Crippen LogP contribution is 2.39. The Labute approximate surface area is 166 Å². The zero-order valence-electron chi connectivity index (χ0n) is 14.4. The van der Waals surface area contributed by atoms with E-state index in [2.05, 4.69) is 82.7 Å². The van der Waals surface area contributed by atoms with Gasteiger partial charge < -0.3 is 4.55 Å². The van der Waals surface area contributed by atoms with Crippen molar-refractivity contribution in [3.05, 3.63) is 101 Å². The molecule has 0 fully saturated rings. The summed E-state index contributed by atoms with van der Waals surface area (Å²) in [6.45, 7) is 0. The van der Waals surface area contributed by atoms with Crippen LogP contribution in [0.15, 0.2) is 95.0 Å². The third-order valence-corrected chi connectivity index (χ3v) is 6.68. The van der Waals surface area contributed by atoms with E-state index in [1.54, 1.807) is 0 Å². The number of hydrogen-bond donors (Lipinski definition) is 0. The van der Waals surface area contributed by atoms with Crippen LogP contribution in [-0.2, 0) is 11.2 Å². The maximum absolute atomic E-state index is 12.5. The van der Waals surface area contributed by atoms with Crippen molar-refractivity contribution in [2.75, 3.05) is 6.26 Å². The first-order chi connectivity index (χ1) is 12.6. The zero-order valence-corrected chi connectivity index (χ0v) is 16.8. The molecule has 3 heteroatoms. The van der Waals surface area contributed by atoms with Crippen molar-refractivity contribution >= 4 is 32.7 Å². The lowest BCUT2D eigenvalue weighted by Crippen LogP contribution is -2.32. The third-order valence-electron chi connectivity index (χ3n) is 4.92. The van der Waals surface area contributed by atoms with Gasteiger partial charge in [-0.05, 0) is 45.6 Å². The predicted molar refractivity (Wildman–Crippen MR) is 115 cm³/mol. The summed E-state index contributed by atoms with van der Waals surface area (Å²) in [4.78, 5) is 0. The normalized spacial score (nSPS) is 22.4. The van der Waals surface area contributed by atoms with Crippen molar-refractivity contribution in [3.63, 3.8) is 0 Å². The van der Waals surface area contributed by atoms with Crippen molar-refractivity contribution in [1.29, 1.82) is 0 Å². The quantitative estimate of drug-likeness (QED) is 0.562. The molecule has 1 nitrogen and oxygen atoms in total. The van der Waals surface area contributed by atoms with Crippen molar-refractivity contribution in [2.45, 2.75) is 5.25 Å². The second-order valence-corrected chi connectivity index (χ2v) is 8.99. The Morgan fingerprint density at radius 2 is 1.69 bits per heavy atom. The number of allylic oxidation sites excluding steroid dienone is 7. The van der Waals surface area contributed by atoms with Crippen LogP contribution in [-0.4, -0.2) is 16.1 Å². The van der Waals surface area contributed by atoms with E-state index in [1.807, 2.05) is 24.5 Å². The SMILES string of the molecule is C[S+]([O-])C1C(c2ccc(-c3cccc(Br)c3)cc2)=CC=C2C=CC=CC21. The molecule has 3 unspecified atom stereocenters. The van der Waals surface area contributed by atoms with Crippen molar-refractivity contribution in [2.24, 2.45) is 5.92 Å². The molecule has 0 N–H and O–H groups in total. The van der Waals surface area contributed by atoms with Crippen LogP contribution in [0.2, 0.25) is 0 Å². The molecule has 0 saturated carbocycles. The highest BCUT2D eigenvalue weighted by Gasteiger charge is 2.36. The minimum atomic E-state index is -0.946. The summed E-state index contributed by atoms with van der Waals surface area (Å²) in [7, 11) is 0. The Balaban J connectivity index is 1.70. The predicted octanol–water partition coefficient (Wildman–Crippen LogP) is 5.93. The van der Waals surface area contributed by atoms with Crippen molar-refractivity contribution < 1.29 is 4.55 Å². The summed E-state index contributed by atoms with van der Waals surface area (Å²) in [5, 5.41) is -0.00656. The molecule has 0 aromatic heterocycles. The summed E-state index contributed by atoms with van der Waals surface area (Å²) in [5.41, 5.74) is 5.89. The average molecular weight is 423 g/mol. The van der Waals surface area contributed by atoms with E-state index in [9.17, 15) is 4.55 Å². The first kappa shape index (κ1) is 17.6. The van der Waals surface area contributed by atoms with Gasteiger partial charge in [-0.2, -0.15) is 0 Å². The molecule has 3 atom stereocenters. The van der Waals surface area contributed by atoms with Gasteiger partial charge in [-0.15, -0.1) is 0 Å². The van der Waals surface area contributed by atoms with Gasteiger partial charge in [0.2, 0.25) is 0 Å². The molecule has 4 rings (SSSR count). The minimum Gasteiger partial charge on any atom is -0.616 e. The van der Waals surface area contributed by atoms with Crippen LogP contribution >= 0.6 is 15.9 Å². The summed E-state index contributed by atoms with van der Waals surface area (Å²) >= 11 is 2.59. The number of rotatable bonds is 3. The van der Waals surface area contributed by atoms with Crippen molar-refractivity contribution in [1.82, 2.24) is 0 Å².